The van der Waals surface area contributed by atoms with E-state index in [4.69, 9.17) is 12.2 Å². The van der Waals surface area contributed by atoms with Crippen LogP contribution in [-0.2, 0) is 17.8 Å². The van der Waals surface area contributed by atoms with Crippen LogP contribution in [0.5, 0.6) is 0 Å². The van der Waals surface area contributed by atoms with Gasteiger partial charge in [-0.15, -0.1) is 0 Å². The van der Waals surface area contributed by atoms with Crippen molar-refractivity contribution in [1.82, 2.24) is 14.9 Å². The molecule has 0 bridgehead atoms. The number of imidazole rings is 1. The number of amides is 1. The third-order valence-corrected chi connectivity index (χ3v) is 2.50. The van der Waals surface area contributed by atoms with Gasteiger partial charge in [0.15, 0.2) is 4.77 Å². The standard InChI is InChI=1S/C9H15N3OS/c1-3-7-6-11-9(14)12(7)5-4-8(13)10-2/h6H,3-5H2,1-2H3,(H,10,13)(H,11,14). The molecule has 1 aromatic heterocycles. The van der Waals surface area contributed by atoms with E-state index in [0.717, 1.165) is 12.1 Å². The molecule has 1 aromatic rings. The summed E-state index contributed by atoms with van der Waals surface area (Å²) in [7, 11) is 1.64. The van der Waals surface area contributed by atoms with Gasteiger partial charge in [-0.3, -0.25) is 4.79 Å². The molecule has 0 fully saturated rings. The quantitative estimate of drug-likeness (QED) is 0.739. The molecule has 0 saturated carbocycles. The maximum Gasteiger partial charge on any atom is 0.221 e. The zero-order valence-corrected chi connectivity index (χ0v) is 9.28. The summed E-state index contributed by atoms with van der Waals surface area (Å²) < 4.78 is 2.65. The van der Waals surface area contributed by atoms with E-state index < -0.39 is 0 Å². The molecular weight excluding hydrogens is 198 g/mol. The van der Waals surface area contributed by atoms with Gasteiger partial charge in [0.2, 0.25) is 5.91 Å². The van der Waals surface area contributed by atoms with E-state index >= 15 is 0 Å². The average Bonchev–Trinajstić information content (AvgIpc) is 2.55. The molecule has 2 N–H and O–H groups in total. The summed E-state index contributed by atoms with van der Waals surface area (Å²) in [5.74, 6) is 0.0372. The Labute approximate surface area is 88.3 Å². The Morgan fingerprint density at radius 3 is 3.00 bits per heavy atom. The van der Waals surface area contributed by atoms with Crippen LogP contribution in [0.15, 0.2) is 6.20 Å². The van der Waals surface area contributed by atoms with Crippen molar-refractivity contribution < 1.29 is 4.79 Å². The minimum Gasteiger partial charge on any atom is -0.359 e. The zero-order chi connectivity index (χ0) is 10.6. The van der Waals surface area contributed by atoms with Crippen LogP contribution in [0, 0.1) is 4.77 Å². The molecule has 0 aliphatic heterocycles. The number of hydrogen-bond acceptors (Lipinski definition) is 2. The van der Waals surface area contributed by atoms with Gasteiger partial charge in [0.1, 0.15) is 0 Å². The van der Waals surface area contributed by atoms with E-state index in [1.165, 1.54) is 0 Å². The fraction of sp³-hybridized carbons (Fsp3) is 0.556. The van der Waals surface area contributed by atoms with Gasteiger partial charge in [0, 0.05) is 31.9 Å². The number of aryl methyl sites for hydroxylation is 1. The summed E-state index contributed by atoms with van der Waals surface area (Å²) >= 11 is 5.10. The molecule has 0 aliphatic carbocycles. The van der Waals surface area contributed by atoms with Gasteiger partial charge in [-0.25, -0.2) is 0 Å². The minimum absolute atomic E-state index is 0.0372. The van der Waals surface area contributed by atoms with Gasteiger partial charge in [-0.05, 0) is 18.6 Å². The van der Waals surface area contributed by atoms with Crippen LogP contribution in [0.4, 0.5) is 0 Å². The Morgan fingerprint density at radius 1 is 1.71 bits per heavy atom. The molecule has 1 amide bonds. The smallest absolute Gasteiger partial charge is 0.221 e. The highest BCUT2D eigenvalue weighted by molar-refractivity contribution is 7.71. The van der Waals surface area contributed by atoms with Crippen molar-refractivity contribution in [1.29, 1.82) is 0 Å². The molecular formula is C9H15N3OS. The fourth-order valence-corrected chi connectivity index (χ4v) is 1.58. The third kappa shape index (κ3) is 2.45. The SMILES string of the molecule is CCc1c[nH]c(=S)n1CCC(=O)NC. The molecule has 5 heteroatoms. The molecule has 4 nitrogen and oxygen atoms in total. The molecule has 0 radical (unpaired) electrons. The molecule has 0 atom stereocenters. The number of aromatic amines is 1. The van der Waals surface area contributed by atoms with Crippen molar-refractivity contribution in [2.45, 2.75) is 26.3 Å². The predicted octanol–water partition coefficient (Wildman–Crippen LogP) is 1.24. The van der Waals surface area contributed by atoms with E-state index in [1.807, 2.05) is 10.8 Å². The Balaban J connectivity index is 2.70. The molecule has 0 aromatic carbocycles. The van der Waals surface area contributed by atoms with Crippen LogP contribution in [-0.4, -0.2) is 22.5 Å². The first kappa shape index (κ1) is 11.0. The van der Waals surface area contributed by atoms with E-state index in [0.29, 0.717) is 17.7 Å². The van der Waals surface area contributed by atoms with Gasteiger partial charge in [0.25, 0.3) is 0 Å². The first-order valence-corrected chi connectivity index (χ1v) is 5.07. The molecule has 0 aliphatic rings. The number of carbonyl (C=O) groups excluding carboxylic acids is 1. The lowest BCUT2D eigenvalue weighted by Crippen LogP contribution is -2.20. The number of H-pyrrole nitrogens is 1. The van der Waals surface area contributed by atoms with Crippen molar-refractivity contribution >= 4 is 18.1 Å². The second-order valence-corrected chi connectivity index (χ2v) is 3.40. The molecule has 1 rings (SSSR count). The minimum atomic E-state index is 0.0372. The highest BCUT2D eigenvalue weighted by Gasteiger charge is 2.04. The number of nitrogens with one attached hydrogen (secondary N) is 2. The van der Waals surface area contributed by atoms with E-state index in [1.54, 1.807) is 7.05 Å². The van der Waals surface area contributed by atoms with Crippen LogP contribution < -0.4 is 5.32 Å². The highest BCUT2D eigenvalue weighted by atomic mass is 32.1. The van der Waals surface area contributed by atoms with Crippen molar-refractivity contribution in [3.8, 4) is 0 Å². The largest absolute Gasteiger partial charge is 0.359 e. The third-order valence-electron chi connectivity index (χ3n) is 2.16. The highest BCUT2D eigenvalue weighted by Crippen LogP contribution is 2.03. The average molecular weight is 213 g/mol. The molecule has 0 saturated heterocycles. The first-order valence-electron chi connectivity index (χ1n) is 4.66. The summed E-state index contributed by atoms with van der Waals surface area (Å²) in [5, 5.41) is 2.59. The van der Waals surface area contributed by atoms with Gasteiger partial charge in [0.05, 0.1) is 0 Å². The summed E-state index contributed by atoms with van der Waals surface area (Å²) in [4.78, 5) is 14.0. The Hall–Kier alpha value is -1.10. The Bertz CT molecular complexity index is 366. The molecule has 0 unspecified atom stereocenters. The fourth-order valence-electron chi connectivity index (χ4n) is 1.31. The van der Waals surface area contributed by atoms with E-state index in [9.17, 15) is 4.79 Å². The van der Waals surface area contributed by atoms with Gasteiger partial charge < -0.3 is 14.9 Å². The topological polar surface area (TPSA) is 49.8 Å². The Kier molecular flexibility index (Phi) is 3.88. The summed E-state index contributed by atoms with van der Waals surface area (Å²) in [6.07, 6.45) is 3.28. The number of carbonyl (C=O) groups is 1. The molecule has 1 heterocycles. The number of hydrogen-bond donors (Lipinski definition) is 2. The summed E-state index contributed by atoms with van der Waals surface area (Å²) in [6.45, 7) is 2.71. The second kappa shape index (κ2) is 4.95. The van der Waals surface area contributed by atoms with Crippen LogP contribution in [0.3, 0.4) is 0 Å². The summed E-state index contributed by atoms with van der Waals surface area (Å²) in [6, 6.07) is 0. The summed E-state index contributed by atoms with van der Waals surface area (Å²) in [5.41, 5.74) is 1.14. The van der Waals surface area contributed by atoms with Gasteiger partial charge >= 0.3 is 0 Å². The molecule has 14 heavy (non-hydrogen) atoms. The number of nitrogens with zero attached hydrogens (tertiary/aromatic N) is 1. The van der Waals surface area contributed by atoms with Crippen molar-refractivity contribution in [2.24, 2.45) is 0 Å². The molecule has 0 spiro atoms. The number of rotatable bonds is 4. The maximum absolute atomic E-state index is 11.0. The number of aromatic nitrogens is 2. The lowest BCUT2D eigenvalue weighted by atomic mass is 10.3. The lowest BCUT2D eigenvalue weighted by molar-refractivity contribution is -0.120. The predicted molar refractivity (Wildman–Crippen MR) is 57.7 cm³/mol. The zero-order valence-electron chi connectivity index (χ0n) is 8.46. The van der Waals surface area contributed by atoms with E-state index in [-0.39, 0.29) is 5.91 Å². The van der Waals surface area contributed by atoms with Crippen molar-refractivity contribution in [3.63, 3.8) is 0 Å². The van der Waals surface area contributed by atoms with Crippen LogP contribution in [0.25, 0.3) is 0 Å². The second-order valence-electron chi connectivity index (χ2n) is 3.01. The van der Waals surface area contributed by atoms with E-state index in [2.05, 4.69) is 17.2 Å². The molecule has 78 valence electrons. The maximum atomic E-state index is 11.0. The van der Waals surface area contributed by atoms with Gasteiger partial charge in [-0.2, -0.15) is 0 Å². The first-order chi connectivity index (χ1) is 6.69. The van der Waals surface area contributed by atoms with Crippen molar-refractivity contribution in [2.75, 3.05) is 7.05 Å². The Morgan fingerprint density at radius 2 is 2.43 bits per heavy atom. The van der Waals surface area contributed by atoms with Crippen LogP contribution in [0.2, 0.25) is 0 Å². The normalized spacial score (nSPS) is 10.1. The lowest BCUT2D eigenvalue weighted by Gasteiger charge is -2.05. The monoisotopic (exact) mass is 213 g/mol. The van der Waals surface area contributed by atoms with Crippen LogP contribution >= 0.6 is 12.2 Å². The van der Waals surface area contributed by atoms with Gasteiger partial charge in [-0.1, -0.05) is 6.92 Å². The van der Waals surface area contributed by atoms with Crippen LogP contribution in [0.1, 0.15) is 19.0 Å². The van der Waals surface area contributed by atoms with Crippen molar-refractivity contribution in [3.05, 3.63) is 16.7 Å².